The van der Waals surface area contributed by atoms with E-state index in [1.54, 1.807) is 44.4 Å². The molecule has 5 nitrogen and oxygen atoms in total. The van der Waals surface area contributed by atoms with E-state index in [1.807, 2.05) is 18.2 Å². The summed E-state index contributed by atoms with van der Waals surface area (Å²) in [6.45, 7) is 1.70. The third-order valence-corrected chi connectivity index (χ3v) is 3.73. The van der Waals surface area contributed by atoms with Gasteiger partial charge in [0.1, 0.15) is 18.1 Å². The summed E-state index contributed by atoms with van der Waals surface area (Å²) in [6.07, 6.45) is -0.768. The Hall–Kier alpha value is -2.52. The molecule has 0 saturated carbocycles. The summed E-state index contributed by atoms with van der Waals surface area (Å²) >= 11 is 3.37. The van der Waals surface area contributed by atoms with E-state index in [9.17, 15) is 4.79 Å². The second kappa shape index (κ2) is 8.37. The van der Waals surface area contributed by atoms with Gasteiger partial charge in [0.15, 0.2) is 6.10 Å². The van der Waals surface area contributed by atoms with Gasteiger partial charge in [-0.1, -0.05) is 15.9 Å². The van der Waals surface area contributed by atoms with E-state index >= 15 is 0 Å². The van der Waals surface area contributed by atoms with Crippen LogP contribution in [-0.2, 0) is 16.1 Å². The van der Waals surface area contributed by atoms with Crippen LogP contribution < -0.4 is 9.47 Å². The minimum Gasteiger partial charge on any atom is -0.496 e. The number of nitrogens with zero attached hydrogens (tertiary/aromatic N) is 1. The van der Waals surface area contributed by atoms with Crippen LogP contribution in [0.2, 0.25) is 0 Å². The van der Waals surface area contributed by atoms with E-state index in [0.717, 1.165) is 10.0 Å². The number of nitriles is 1. The van der Waals surface area contributed by atoms with E-state index in [0.29, 0.717) is 17.1 Å². The van der Waals surface area contributed by atoms with Gasteiger partial charge in [0.25, 0.3) is 0 Å². The first-order chi connectivity index (χ1) is 11.5. The number of hydrogen-bond donors (Lipinski definition) is 0. The Bertz CT molecular complexity index is 753. The number of halogens is 1. The predicted octanol–water partition coefficient (Wildman–Crippen LogP) is 3.84. The van der Waals surface area contributed by atoms with Crippen LogP contribution in [0.5, 0.6) is 11.5 Å². The van der Waals surface area contributed by atoms with Crippen molar-refractivity contribution < 1.29 is 19.0 Å². The van der Waals surface area contributed by atoms with Crippen LogP contribution in [0.15, 0.2) is 46.9 Å². The summed E-state index contributed by atoms with van der Waals surface area (Å²) in [5.74, 6) is 0.659. The van der Waals surface area contributed by atoms with Gasteiger partial charge < -0.3 is 14.2 Å². The van der Waals surface area contributed by atoms with Crippen molar-refractivity contribution in [2.24, 2.45) is 0 Å². The SMILES string of the molecule is COc1ccc(Br)cc1COC(=O)[C@@H](C)Oc1ccc(C#N)cc1. The fraction of sp³-hybridized carbons (Fsp3) is 0.222. The van der Waals surface area contributed by atoms with Crippen LogP contribution in [0.1, 0.15) is 18.1 Å². The van der Waals surface area contributed by atoms with Gasteiger partial charge in [-0.2, -0.15) is 5.26 Å². The summed E-state index contributed by atoms with van der Waals surface area (Å²) < 4.78 is 16.9. The Labute approximate surface area is 148 Å². The van der Waals surface area contributed by atoms with Crippen molar-refractivity contribution >= 4 is 21.9 Å². The molecule has 0 radical (unpaired) electrons. The van der Waals surface area contributed by atoms with Gasteiger partial charge in [0, 0.05) is 10.0 Å². The summed E-state index contributed by atoms with van der Waals surface area (Å²) in [5, 5.41) is 8.76. The molecule has 2 aromatic carbocycles. The monoisotopic (exact) mass is 389 g/mol. The molecule has 124 valence electrons. The van der Waals surface area contributed by atoms with Crippen LogP contribution in [0.25, 0.3) is 0 Å². The highest BCUT2D eigenvalue weighted by Crippen LogP contribution is 2.24. The molecule has 0 aliphatic carbocycles. The van der Waals surface area contributed by atoms with Crippen LogP contribution in [0.4, 0.5) is 0 Å². The number of esters is 1. The average molecular weight is 390 g/mol. The summed E-state index contributed by atoms with van der Waals surface area (Å²) in [7, 11) is 1.56. The molecule has 2 rings (SSSR count). The molecule has 0 spiro atoms. The normalized spacial score (nSPS) is 11.2. The summed E-state index contributed by atoms with van der Waals surface area (Å²) in [6, 6.07) is 14.0. The predicted molar refractivity (Wildman–Crippen MR) is 91.7 cm³/mol. The van der Waals surface area contributed by atoms with E-state index in [-0.39, 0.29) is 6.61 Å². The molecule has 0 aliphatic heterocycles. The second-order valence-electron chi connectivity index (χ2n) is 4.96. The molecule has 2 aromatic rings. The lowest BCUT2D eigenvalue weighted by atomic mass is 10.2. The first-order valence-corrected chi connectivity index (χ1v) is 7.98. The Morgan fingerprint density at radius 1 is 1.25 bits per heavy atom. The Balaban J connectivity index is 1.94. The Morgan fingerprint density at radius 2 is 1.96 bits per heavy atom. The molecule has 0 aliphatic rings. The first kappa shape index (κ1) is 17.8. The fourth-order valence-electron chi connectivity index (χ4n) is 1.99. The van der Waals surface area contributed by atoms with E-state index in [1.165, 1.54) is 0 Å². The molecule has 0 saturated heterocycles. The van der Waals surface area contributed by atoms with Crippen molar-refractivity contribution in [3.05, 3.63) is 58.1 Å². The molecule has 0 aromatic heterocycles. The molecule has 0 unspecified atom stereocenters. The van der Waals surface area contributed by atoms with Crippen molar-refractivity contribution in [2.75, 3.05) is 7.11 Å². The van der Waals surface area contributed by atoms with Crippen LogP contribution in [0, 0.1) is 11.3 Å². The second-order valence-corrected chi connectivity index (χ2v) is 5.88. The molecule has 0 fully saturated rings. The number of carbonyl (C=O) groups is 1. The van der Waals surface area contributed by atoms with Crippen LogP contribution >= 0.6 is 15.9 Å². The Kier molecular flexibility index (Phi) is 6.21. The quantitative estimate of drug-likeness (QED) is 0.701. The highest BCUT2D eigenvalue weighted by Gasteiger charge is 2.17. The van der Waals surface area contributed by atoms with Gasteiger partial charge >= 0.3 is 5.97 Å². The van der Waals surface area contributed by atoms with Gasteiger partial charge in [0.05, 0.1) is 18.7 Å². The van der Waals surface area contributed by atoms with Gasteiger partial charge in [-0.25, -0.2) is 4.79 Å². The molecular weight excluding hydrogens is 374 g/mol. The molecule has 0 N–H and O–H groups in total. The van der Waals surface area contributed by atoms with Crippen molar-refractivity contribution in [3.8, 4) is 17.6 Å². The van der Waals surface area contributed by atoms with Crippen molar-refractivity contribution in [2.45, 2.75) is 19.6 Å². The van der Waals surface area contributed by atoms with Crippen LogP contribution in [0.3, 0.4) is 0 Å². The third kappa shape index (κ3) is 4.74. The standard InChI is InChI=1S/C18H16BrNO4/c1-12(24-16-6-3-13(10-20)4-7-16)18(21)23-11-14-9-15(19)5-8-17(14)22-2/h3-9,12H,11H2,1-2H3/t12-/m1/s1. The zero-order chi connectivity index (χ0) is 17.5. The lowest BCUT2D eigenvalue weighted by molar-refractivity contribution is -0.152. The lowest BCUT2D eigenvalue weighted by Gasteiger charge is -2.15. The number of rotatable bonds is 6. The van der Waals surface area contributed by atoms with Gasteiger partial charge in [-0.3, -0.25) is 0 Å². The third-order valence-electron chi connectivity index (χ3n) is 3.24. The average Bonchev–Trinajstić information content (AvgIpc) is 2.60. The Morgan fingerprint density at radius 3 is 2.58 bits per heavy atom. The molecule has 0 bridgehead atoms. The largest absolute Gasteiger partial charge is 0.496 e. The van der Waals surface area contributed by atoms with Gasteiger partial charge in [-0.15, -0.1) is 0 Å². The van der Waals surface area contributed by atoms with Gasteiger partial charge in [0.2, 0.25) is 0 Å². The van der Waals surface area contributed by atoms with Crippen molar-refractivity contribution in [1.29, 1.82) is 5.26 Å². The molecule has 6 heteroatoms. The fourth-order valence-corrected chi connectivity index (χ4v) is 2.39. The minimum atomic E-state index is -0.768. The number of ether oxygens (including phenoxy) is 3. The summed E-state index contributed by atoms with van der Waals surface area (Å²) in [5.41, 5.74) is 1.28. The lowest BCUT2D eigenvalue weighted by Crippen LogP contribution is -2.26. The van der Waals surface area contributed by atoms with E-state index in [2.05, 4.69) is 15.9 Å². The maximum atomic E-state index is 12.1. The highest BCUT2D eigenvalue weighted by molar-refractivity contribution is 9.10. The van der Waals surface area contributed by atoms with Gasteiger partial charge in [-0.05, 0) is 49.4 Å². The van der Waals surface area contributed by atoms with E-state index < -0.39 is 12.1 Å². The summed E-state index contributed by atoms with van der Waals surface area (Å²) in [4.78, 5) is 12.1. The highest BCUT2D eigenvalue weighted by atomic mass is 79.9. The van der Waals surface area contributed by atoms with Crippen molar-refractivity contribution in [3.63, 3.8) is 0 Å². The molecule has 24 heavy (non-hydrogen) atoms. The zero-order valence-electron chi connectivity index (χ0n) is 13.3. The minimum absolute atomic E-state index is 0.0858. The maximum Gasteiger partial charge on any atom is 0.347 e. The number of hydrogen-bond acceptors (Lipinski definition) is 5. The zero-order valence-corrected chi connectivity index (χ0v) is 14.9. The number of carbonyl (C=O) groups excluding carboxylic acids is 1. The first-order valence-electron chi connectivity index (χ1n) is 7.19. The molecule has 1 atom stereocenters. The molecule has 0 heterocycles. The number of methoxy groups -OCH3 is 1. The number of benzene rings is 2. The van der Waals surface area contributed by atoms with E-state index in [4.69, 9.17) is 19.5 Å². The topological polar surface area (TPSA) is 68.6 Å². The van der Waals surface area contributed by atoms with Crippen LogP contribution in [-0.4, -0.2) is 19.2 Å². The van der Waals surface area contributed by atoms with Crippen molar-refractivity contribution in [1.82, 2.24) is 0 Å². The molecular formula is C18H16BrNO4. The molecule has 0 amide bonds. The smallest absolute Gasteiger partial charge is 0.347 e. The maximum absolute atomic E-state index is 12.1.